The minimum Gasteiger partial charge on any atom is -0.388 e. The van der Waals surface area contributed by atoms with Gasteiger partial charge in [0.2, 0.25) is 5.89 Å². The van der Waals surface area contributed by atoms with Crippen molar-refractivity contribution in [3.63, 3.8) is 0 Å². The number of aliphatic hydroxyl groups excluding tert-OH is 1. The summed E-state index contributed by atoms with van der Waals surface area (Å²) >= 11 is 0. The fourth-order valence-corrected chi connectivity index (χ4v) is 1.56. The molecule has 2 N–H and O–H groups in total. The molecule has 0 saturated carbocycles. The highest BCUT2D eigenvalue weighted by molar-refractivity contribution is 4.95. The molecule has 0 radical (unpaired) electrons. The molecule has 1 atom stereocenters. The Bertz CT molecular complexity index is 268. The first kappa shape index (κ1) is 8.65. The minimum absolute atomic E-state index is 0.149. The van der Waals surface area contributed by atoms with E-state index in [1.807, 2.05) is 0 Å². The SMILES string of the molecule is OCc1noc(C2CCCNC2)n1. The number of piperidine rings is 1. The van der Waals surface area contributed by atoms with Gasteiger partial charge in [0, 0.05) is 6.54 Å². The second kappa shape index (κ2) is 3.85. The van der Waals surface area contributed by atoms with Crippen LogP contribution < -0.4 is 5.32 Å². The van der Waals surface area contributed by atoms with Crippen LogP contribution in [0.1, 0.15) is 30.5 Å². The summed E-state index contributed by atoms with van der Waals surface area (Å²) in [4.78, 5) is 4.08. The summed E-state index contributed by atoms with van der Waals surface area (Å²) in [6.07, 6.45) is 2.22. The van der Waals surface area contributed by atoms with E-state index in [1.54, 1.807) is 0 Å². The number of nitrogens with zero attached hydrogens (tertiary/aromatic N) is 2. The van der Waals surface area contributed by atoms with Crippen molar-refractivity contribution in [2.24, 2.45) is 0 Å². The Balaban J connectivity index is 2.05. The lowest BCUT2D eigenvalue weighted by Crippen LogP contribution is -2.28. The van der Waals surface area contributed by atoms with Crippen molar-refractivity contribution < 1.29 is 9.63 Å². The Morgan fingerprint density at radius 3 is 3.15 bits per heavy atom. The van der Waals surface area contributed by atoms with Crippen molar-refractivity contribution in [2.75, 3.05) is 13.1 Å². The van der Waals surface area contributed by atoms with Gasteiger partial charge in [-0.3, -0.25) is 0 Å². The summed E-state index contributed by atoms with van der Waals surface area (Å²) in [6, 6.07) is 0. The summed E-state index contributed by atoms with van der Waals surface area (Å²) < 4.78 is 5.03. The highest BCUT2D eigenvalue weighted by atomic mass is 16.5. The summed E-state index contributed by atoms with van der Waals surface area (Å²) in [5, 5.41) is 15.7. The van der Waals surface area contributed by atoms with Crippen molar-refractivity contribution in [1.29, 1.82) is 0 Å². The van der Waals surface area contributed by atoms with Crippen LogP contribution in [0, 0.1) is 0 Å². The third-order valence-electron chi connectivity index (χ3n) is 2.27. The largest absolute Gasteiger partial charge is 0.388 e. The Kier molecular flexibility index (Phi) is 2.56. The number of aromatic nitrogens is 2. The first-order valence-corrected chi connectivity index (χ1v) is 4.54. The Hall–Kier alpha value is -0.940. The third kappa shape index (κ3) is 1.87. The predicted octanol–water partition coefficient (Wildman–Crippen LogP) is 0.0289. The van der Waals surface area contributed by atoms with E-state index in [2.05, 4.69) is 15.5 Å². The van der Waals surface area contributed by atoms with Gasteiger partial charge in [0.05, 0.1) is 5.92 Å². The van der Waals surface area contributed by atoms with Gasteiger partial charge in [-0.25, -0.2) is 0 Å². The maximum atomic E-state index is 8.75. The van der Waals surface area contributed by atoms with Crippen LogP contribution in [0.3, 0.4) is 0 Å². The van der Waals surface area contributed by atoms with Crippen LogP contribution >= 0.6 is 0 Å². The lowest BCUT2D eigenvalue weighted by atomic mass is 10.00. The normalized spacial score (nSPS) is 23.3. The average Bonchev–Trinajstić information content (AvgIpc) is 2.67. The van der Waals surface area contributed by atoms with E-state index in [1.165, 1.54) is 0 Å². The van der Waals surface area contributed by atoms with Gasteiger partial charge in [-0.2, -0.15) is 4.98 Å². The first-order valence-electron chi connectivity index (χ1n) is 4.54. The van der Waals surface area contributed by atoms with E-state index >= 15 is 0 Å². The van der Waals surface area contributed by atoms with Crippen molar-refractivity contribution in [3.05, 3.63) is 11.7 Å². The Morgan fingerprint density at radius 1 is 1.62 bits per heavy atom. The van der Waals surface area contributed by atoms with Gasteiger partial charge in [0.15, 0.2) is 5.82 Å². The molecule has 2 heterocycles. The van der Waals surface area contributed by atoms with Crippen LogP contribution in [0.15, 0.2) is 4.52 Å². The summed E-state index contributed by atoms with van der Waals surface area (Å²) in [7, 11) is 0. The number of rotatable bonds is 2. The molecule has 1 aromatic heterocycles. The molecule has 2 rings (SSSR count). The molecule has 0 aliphatic carbocycles. The van der Waals surface area contributed by atoms with Crippen LogP contribution in [0.5, 0.6) is 0 Å². The molecule has 1 aliphatic heterocycles. The van der Waals surface area contributed by atoms with E-state index in [0.717, 1.165) is 25.9 Å². The number of hydrogen-bond donors (Lipinski definition) is 2. The molecule has 0 bridgehead atoms. The molecule has 0 aromatic carbocycles. The second-order valence-corrected chi connectivity index (χ2v) is 3.25. The monoisotopic (exact) mass is 183 g/mol. The molecule has 72 valence electrons. The standard InChI is InChI=1S/C8H13N3O2/c12-5-7-10-8(13-11-7)6-2-1-3-9-4-6/h6,9,12H,1-5H2. The average molecular weight is 183 g/mol. The Labute approximate surface area is 76.1 Å². The van der Waals surface area contributed by atoms with Gasteiger partial charge in [0.25, 0.3) is 0 Å². The van der Waals surface area contributed by atoms with E-state index in [9.17, 15) is 0 Å². The van der Waals surface area contributed by atoms with Gasteiger partial charge in [-0.05, 0) is 19.4 Å². The smallest absolute Gasteiger partial charge is 0.231 e. The van der Waals surface area contributed by atoms with Crippen molar-refractivity contribution in [1.82, 2.24) is 15.5 Å². The lowest BCUT2D eigenvalue weighted by Gasteiger charge is -2.18. The minimum atomic E-state index is -0.149. The van der Waals surface area contributed by atoms with Crippen molar-refractivity contribution >= 4 is 0 Å². The molecule has 1 aromatic rings. The quantitative estimate of drug-likeness (QED) is 0.676. The molecule has 5 heteroatoms. The van der Waals surface area contributed by atoms with Gasteiger partial charge < -0.3 is 14.9 Å². The molecule has 5 nitrogen and oxygen atoms in total. The van der Waals surface area contributed by atoms with Crippen LogP contribution in [0.25, 0.3) is 0 Å². The highest BCUT2D eigenvalue weighted by Crippen LogP contribution is 2.21. The van der Waals surface area contributed by atoms with Gasteiger partial charge in [-0.1, -0.05) is 5.16 Å². The molecule has 1 unspecified atom stereocenters. The lowest BCUT2D eigenvalue weighted by molar-refractivity contribution is 0.261. The number of nitrogens with one attached hydrogen (secondary N) is 1. The molecular weight excluding hydrogens is 170 g/mol. The van der Waals surface area contributed by atoms with E-state index in [-0.39, 0.29) is 6.61 Å². The fourth-order valence-electron chi connectivity index (χ4n) is 1.56. The molecule has 1 saturated heterocycles. The molecule has 1 fully saturated rings. The van der Waals surface area contributed by atoms with Crippen LogP contribution in [-0.4, -0.2) is 28.3 Å². The third-order valence-corrected chi connectivity index (χ3v) is 2.27. The highest BCUT2D eigenvalue weighted by Gasteiger charge is 2.20. The summed E-state index contributed by atoms with van der Waals surface area (Å²) in [5.41, 5.74) is 0. The van der Waals surface area contributed by atoms with Crippen LogP contribution in [-0.2, 0) is 6.61 Å². The summed E-state index contributed by atoms with van der Waals surface area (Å²) in [5.74, 6) is 1.35. The zero-order valence-electron chi connectivity index (χ0n) is 7.36. The van der Waals surface area contributed by atoms with Crippen LogP contribution in [0.4, 0.5) is 0 Å². The van der Waals surface area contributed by atoms with E-state index in [0.29, 0.717) is 17.6 Å². The summed E-state index contributed by atoms with van der Waals surface area (Å²) in [6.45, 7) is 1.81. The zero-order valence-corrected chi connectivity index (χ0v) is 7.36. The van der Waals surface area contributed by atoms with Crippen molar-refractivity contribution in [2.45, 2.75) is 25.4 Å². The maximum Gasteiger partial charge on any atom is 0.231 e. The molecule has 13 heavy (non-hydrogen) atoms. The molecule has 1 aliphatic rings. The maximum absolute atomic E-state index is 8.75. The topological polar surface area (TPSA) is 71.2 Å². The molecule has 0 amide bonds. The zero-order chi connectivity index (χ0) is 9.10. The van der Waals surface area contributed by atoms with Gasteiger partial charge >= 0.3 is 0 Å². The van der Waals surface area contributed by atoms with Crippen LogP contribution in [0.2, 0.25) is 0 Å². The predicted molar refractivity (Wildman–Crippen MR) is 45.1 cm³/mol. The Morgan fingerprint density at radius 2 is 2.54 bits per heavy atom. The number of aliphatic hydroxyl groups is 1. The first-order chi connectivity index (χ1) is 6.40. The fraction of sp³-hybridized carbons (Fsp3) is 0.750. The molecular formula is C8H13N3O2. The van der Waals surface area contributed by atoms with E-state index < -0.39 is 0 Å². The van der Waals surface area contributed by atoms with Crippen molar-refractivity contribution in [3.8, 4) is 0 Å². The van der Waals surface area contributed by atoms with Gasteiger partial charge in [-0.15, -0.1) is 0 Å². The van der Waals surface area contributed by atoms with Gasteiger partial charge in [0.1, 0.15) is 6.61 Å². The van der Waals surface area contributed by atoms with E-state index in [4.69, 9.17) is 9.63 Å². The molecule has 0 spiro atoms. The number of hydrogen-bond acceptors (Lipinski definition) is 5. The second-order valence-electron chi connectivity index (χ2n) is 3.25.